The Morgan fingerprint density at radius 3 is 2.08 bits per heavy atom. The maximum Gasteiger partial charge on any atom is 0.164 e. The van der Waals surface area contributed by atoms with E-state index < -0.39 is 0 Å². The summed E-state index contributed by atoms with van der Waals surface area (Å²) in [6, 6.07) is 35.6. The number of nitriles is 1. The van der Waals surface area contributed by atoms with Crippen molar-refractivity contribution < 1.29 is 0 Å². The summed E-state index contributed by atoms with van der Waals surface area (Å²) < 4.78 is 0. The van der Waals surface area contributed by atoms with Crippen LogP contribution in [-0.2, 0) is 5.41 Å². The van der Waals surface area contributed by atoms with Crippen molar-refractivity contribution in [3.05, 3.63) is 149 Å². The van der Waals surface area contributed by atoms with Crippen LogP contribution in [0.3, 0.4) is 0 Å². The molecule has 8 rings (SSSR count). The fourth-order valence-electron chi connectivity index (χ4n) is 8.98. The molecule has 4 heteroatoms. The van der Waals surface area contributed by atoms with Gasteiger partial charge in [0.15, 0.2) is 17.5 Å². The summed E-state index contributed by atoms with van der Waals surface area (Å²) >= 11 is 0. The number of fused-ring (bicyclic) bond motifs is 3. The summed E-state index contributed by atoms with van der Waals surface area (Å²) in [6.45, 7) is 7.34. The van der Waals surface area contributed by atoms with Gasteiger partial charge in [0.2, 0.25) is 0 Å². The highest BCUT2D eigenvalue weighted by atomic mass is 15.0. The third kappa shape index (κ3) is 6.27. The van der Waals surface area contributed by atoms with Crippen LogP contribution < -0.4 is 0 Å². The van der Waals surface area contributed by atoms with Crippen molar-refractivity contribution in [3.8, 4) is 40.0 Å². The smallest absolute Gasteiger partial charge is 0.164 e. The Hall–Kier alpha value is -5.40. The Balaban J connectivity index is 1.28. The maximum absolute atomic E-state index is 9.47. The second kappa shape index (κ2) is 13.7. The zero-order valence-electron chi connectivity index (χ0n) is 29.8. The highest BCUT2D eigenvalue weighted by Crippen LogP contribution is 2.52. The van der Waals surface area contributed by atoms with E-state index in [9.17, 15) is 5.26 Å². The SMILES string of the molecule is CCC1(c2cccc3c2C2CC=CC(c4nc(-c5ccc(C#N)cc5)nc(-c5cccc(-c6ccccc6)c5)n4)=C2C=C3)C[C@H](C)CC[C@H](C)C1. The van der Waals surface area contributed by atoms with E-state index in [1.165, 1.54) is 42.4 Å². The zero-order chi connectivity index (χ0) is 35.0. The topological polar surface area (TPSA) is 62.5 Å². The molecule has 1 heterocycles. The van der Waals surface area contributed by atoms with E-state index in [0.717, 1.165) is 40.7 Å². The standard InChI is InChI=1S/C47H44N4/c1-4-47(28-31(2)19-20-32(3)29-47)42-18-9-13-35-25-26-39-40(43(35)42)16-10-17-41(39)46-50-44(36-23-21-33(30-48)22-24-36)49-45(51-46)38-15-8-14-37(27-38)34-11-6-5-7-12-34/h5-15,17-18,21-27,31-32,40H,4,16,19-20,28-29H2,1-3H3/t31-,32+,40?,47?. The van der Waals surface area contributed by atoms with Crippen molar-refractivity contribution in [2.45, 2.75) is 70.6 Å². The minimum atomic E-state index is 0.172. The highest BCUT2D eigenvalue weighted by molar-refractivity contribution is 5.83. The lowest BCUT2D eigenvalue weighted by Gasteiger charge is -2.40. The monoisotopic (exact) mass is 664 g/mol. The molecule has 0 spiro atoms. The first kappa shape index (κ1) is 32.8. The van der Waals surface area contributed by atoms with Crippen LogP contribution in [0.15, 0.2) is 121 Å². The molecule has 0 N–H and O–H groups in total. The molecule has 3 aliphatic carbocycles. The van der Waals surface area contributed by atoms with Gasteiger partial charge in [-0.25, -0.2) is 15.0 Å². The summed E-state index contributed by atoms with van der Waals surface area (Å²) in [6.07, 6.45) is 16.4. The van der Waals surface area contributed by atoms with E-state index in [-0.39, 0.29) is 11.3 Å². The second-order valence-electron chi connectivity index (χ2n) is 15.0. The lowest BCUT2D eigenvalue weighted by Crippen LogP contribution is -2.31. The van der Waals surface area contributed by atoms with Gasteiger partial charge in [0.05, 0.1) is 11.6 Å². The molecule has 0 radical (unpaired) electrons. The molecule has 4 nitrogen and oxygen atoms in total. The minimum absolute atomic E-state index is 0.172. The normalized spacial score (nSPS) is 22.5. The Labute approximate surface area is 302 Å². The van der Waals surface area contributed by atoms with Gasteiger partial charge in [0.25, 0.3) is 0 Å². The molecule has 0 amide bonds. The van der Waals surface area contributed by atoms with Crippen LogP contribution in [0.25, 0.3) is 45.6 Å². The summed E-state index contributed by atoms with van der Waals surface area (Å²) in [4.78, 5) is 15.4. The molecule has 0 saturated heterocycles. The molecular formula is C47H44N4. The maximum atomic E-state index is 9.47. The third-order valence-corrected chi connectivity index (χ3v) is 11.5. The van der Waals surface area contributed by atoms with E-state index in [1.807, 2.05) is 30.3 Å². The molecule has 51 heavy (non-hydrogen) atoms. The molecule has 4 aromatic carbocycles. The molecule has 4 atom stereocenters. The van der Waals surface area contributed by atoms with Gasteiger partial charge in [-0.15, -0.1) is 0 Å². The fraction of sp³-hybridized carbons (Fsp3) is 0.277. The molecule has 0 bridgehead atoms. The molecule has 2 unspecified atom stereocenters. The molecular weight excluding hydrogens is 621 g/mol. The van der Waals surface area contributed by atoms with Gasteiger partial charge >= 0.3 is 0 Å². The van der Waals surface area contributed by atoms with Gasteiger partial charge in [-0.05, 0) is 107 Å². The third-order valence-electron chi connectivity index (χ3n) is 11.5. The molecule has 3 aliphatic rings. The van der Waals surface area contributed by atoms with Crippen LogP contribution in [-0.4, -0.2) is 15.0 Å². The summed E-state index contributed by atoms with van der Waals surface area (Å²) in [5.41, 5.74) is 11.6. The summed E-state index contributed by atoms with van der Waals surface area (Å²) in [5.74, 6) is 3.57. The van der Waals surface area contributed by atoms with Gasteiger partial charge < -0.3 is 0 Å². The predicted octanol–water partition coefficient (Wildman–Crippen LogP) is 11.8. The van der Waals surface area contributed by atoms with E-state index in [2.05, 4.69) is 118 Å². The van der Waals surface area contributed by atoms with Gasteiger partial charge in [-0.2, -0.15) is 5.26 Å². The fourth-order valence-corrected chi connectivity index (χ4v) is 8.98. The second-order valence-corrected chi connectivity index (χ2v) is 15.0. The van der Waals surface area contributed by atoms with Crippen LogP contribution in [0.1, 0.15) is 93.3 Å². The van der Waals surface area contributed by atoms with Gasteiger partial charge in [0, 0.05) is 22.6 Å². The first-order valence-electron chi connectivity index (χ1n) is 18.6. The molecule has 0 aliphatic heterocycles. The van der Waals surface area contributed by atoms with Crippen molar-refractivity contribution >= 4 is 11.6 Å². The summed E-state index contributed by atoms with van der Waals surface area (Å²) in [5, 5.41) is 9.47. The van der Waals surface area contributed by atoms with Gasteiger partial charge in [0.1, 0.15) is 0 Å². The lowest BCUT2D eigenvalue weighted by atomic mass is 9.64. The van der Waals surface area contributed by atoms with Crippen molar-refractivity contribution in [1.29, 1.82) is 5.26 Å². The number of aromatic nitrogens is 3. The lowest BCUT2D eigenvalue weighted by molar-refractivity contribution is 0.292. The molecule has 1 saturated carbocycles. The molecule has 252 valence electrons. The van der Waals surface area contributed by atoms with E-state index in [4.69, 9.17) is 15.0 Å². The van der Waals surface area contributed by atoms with Crippen LogP contribution >= 0.6 is 0 Å². The Morgan fingerprint density at radius 1 is 0.686 bits per heavy atom. The van der Waals surface area contributed by atoms with E-state index in [1.54, 1.807) is 5.56 Å². The molecule has 1 aromatic heterocycles. The number of hydrogen-bond acceptors (Lipinski definition) is 4. The highest BCUT2D eigenvalue weighted by Gasteiger charge is 2.40. The van der Waals surface area contributed by atoms with Crippen molar-refractivity contribution in [3.63, 3.8) is 0 Å². The molecule has 5 aromatic rings. The molecule has 1 fully saturated rings. The number of benzene rings is 4. The number of nitrogens with zero attached hydrogens (tertiary/aromatic N) is 4. The number of rotatable bonds is 6. The summed E-state index contributed by atoms with van der Waals surface area (Å²) in [7, 11) is 0. The van der Waals surface area contributed by atoms with Crippen molar-refractivity contribution in [2.75, 3.05) is 0 Å². The van der Waals surface area contributed by atoms with Crippen LogP contribution in [0, 0.1) is 23.2 Å². The van der Waals surface area contributed by atoms with Gasteiger partial charge in [-0.3, -0.25) is 0 Å². The van der Waals surface area contributed by atoms with Crippen molar-refractivity contribution in [1.82, 2.24) is 15.0 Å². The average Bonchev–Trinajstić information content (AvgIpc) is 3.34. The predicted molar refractivity (Wildman–Crippen MR) is 209 cm³/mol. The average molecular weight is 665 g/mol. The van der Waals surface area contributed by atoms with E-state index >= 15 is 0 Å². The Bertz CT molecular complexity index is 2210. The van der Waals surface area contributed by atoms with Crippen LogP contribution in [0.5, 0.6) is 0 Å². The van der Waals surface area contributed by atoms with Gasteiger partial charge in [-0.1, -0.05) is 125 Å². The number of allylic oxidation sites excluding steroid dienone is 5. The van der Waals surface area contributed by atoms with E-state index in [0.29, 0.717) is 34.9 Å². The Kier molecular flexibility index (Phi) is 8.82. The van der Waals surface area contributed by atoms with Crippen LogP contribution in [0.4, 0.5) is 0 Å². The Morgan fingerprint density at radius 2 is 1.35 bits per heavy atom. The number of hydrogen-bond donors (Lipinski definition) is 0. The quantitative estimate of drug-likeness (QED) is 0.169. The zero-order valence-corrected chi connectivity index (χ0v) is 29.8. The van der Waals surface area contributed by atoms with Crippen molar-refractivity contribution in [2.24, 2.45) is 11.8 Å². The first-order valence-corrected chi connectivity index (χ1v) is 18.6. The minimum Gasteiger partial charge on any atom is -0.208 e. The first-order chi connectivity index (χ1) is 24.9. The largest absolute Gasteiger partial charge is 0.208 e. The van der Waals surface area contributed by atoms with Crippen LogP contribution in [0.2, 0.25) is 0 Å².